The fourth-order valence-electron chi connectivity index (χ4n) is 3.87. The number of halogens is 1. The van der Waals surface area contributed by atoms with Gasteiger partial charge in [-0.2, -0.15) is 0 Å². The predicted octanol–water partition coefficient (Wildman–Crippen LogP) is 3.99. The molecule has 25 heavy (non-hydrogen) atoms. The lowest BCUT2D eigenvalue weighted by Crippen LogP contribution is -2.71. The molecule has 0 unspecified atom stereocenters. The number of alkyl halides is 1. The number of rotatable bonds is 3. The first-order chi connectivity index (χ1) is 12.1. The maximum absolute atomic E-state index is 12.8. The summed E-state index contributed by atoms with van der Waals surface area (Å²) in [6.07, 6.45) is -0.0879. The van der Waals surface area contributed by atoms with Crippen molar-refractivity contribution in [1.82, 2.24) is 0 Å². The zero-order valence-electron chi connectivity index (χ0n) is 14.1. The highest BCUT2D eigenvalue weighted by Crippen LogP contribution is 2.49. The van der Waals surface area contributed by atoms with Gasteiger partial charge in [-0.05, 0) is 36.8 Å². The van der Waals surface area contributed by atoms with Crippen molar-refractivity contribution in [2.24, 2.45) is 5.92 Å². The number of carbonyl (C=O) groups excluding carboxylic acids is 1. The number of hydrogen-bond donors (Lipinski definition) is 0. The van der Waals surface area contributed by atoms with E-state index in [0.717, 1.165) is 11.4 Å². The van der Waals surface area contributed by atoms with E-state index in [-0.39, 0.29) is 34.0 Å². The van der Waals surface area contributed by atoms with E-state index in [9.17, 15) is 4.79 Å². The Morgan fingerprint density at radius 3 is 2.40 bits per heavy atom. The van der Waals surface area contributed by atoms with Crippen LogP contribution < -0.4 is 9.64 Å². The third-order valence-corrected chi connectivity index (χ3v) is 6.54. The molecule has 2 aromatic rings. The van der Waals surface area contributed by atoms with Crippen molar-refractivity contribution in [3.05, 3.63) is 60.2 Å². The fourth-order valence-corrected chi connectivity index (χ4v) is 5.22. The summed E-state index contributed by atoms with van der Waals surface area (Å²) >= 11 is 2.45. The van der Waals surface area contributed by atoms with Gasteiger partial charge in [0.2, 0.25) is 5.91 Å². The van der Waals surface area contributed by atoms with Gasteiger partial charge in [0.25, 0.3) is 0 Å². The van der Waals surface area contributed by atoms with Crippen LogP contribution in [0.25, 0.3) is 0 Å². The highest BCUT2D eigenvalue weighted by Gasteiger charge is 2.59. The van der Waals surface area contributed by atoms with Gasteiger partial charge < -0.3 is 14.4 Å². The van der Waals surface area contributed by atoms with E-state index >= 15 is 0 Å². The summed E-state index contributed by atoms with van der Waals surface area (Å²) in [4.78, 5) is 14.7. The van der Waals surface area contributed by atoms with Gasteiger partial charge in [0.1, 0.15) is 5.75 Å². The van der Waals surface area contributed by atoms with Gasteiger partial charge in [-0.25, -0.2) is 0 Å². The first-order valence-electron chi connectivity index (χ1n) is 8.43. The van der Waals surface area contributed by atoms with E-state index < -0.39 is 0 Å². The van der Waals surface area contributed by atoms with Crippen LogP contribution in [0.15, 0.2) is 54.6 Å². The molecule has 0 N–H and O–H groups in total. The molecule has 2 saturated heterocycles. The van der Waals surface area contributed by atoms with Crippen molar-refractivity contribution in [2.45, 2.75) is 29.1 Å². The topological polar surface area (TPSA) is 38.8 Å². The molecule has 1 amide bonds. The number of nitrogens with zero attached hydrogens (tertiary/aromatic N) is 1. The van der Waals surface area contributed by atoms with Crippen molar-refractivity contribution in [3.8, 4) is 5.75 Å². The van der Waals surface area contributed by atoms with E-state index in [1.807, 2.05) is 54.3 Å². The van der Waals surface area contributed by atoms with E-state index in [1.165, 1.54) is 5.56 Å². The van der Waals surface area contributed by atoms with Crippen LogP contribution in [0, 0.1) is 5.92 Å². The average Bonchev–Trinajstić information content (AvgIpc) is 2.64. The molecule has 2 aliphatic heterocycles. The predicted molar refractivity (Wildman–Crippen MR) is 105 cm³/mol. The van der Waals surface area contributed by atoms with E-state index in [0.29, 0.717) is 0 Å². The second-order valence-electron chi connectivity index (χ2n) is 6.54. The minimum atomic E-state index is -0.0804. The van der Waals surface area contributed by atoms with Gasteiger partial charge in [-0.15, -0.1) is 0 Å². The Bertz CT molecular complexity index is 764. The van der Waals surface area contributed by atoms with E-state index in [4.69, 9.17) is 9.47 Å². The van der Waals surface area contributed by atoms with Gasteiger partial charge in [-0.3, -0.25) is 4.79 Å². The van der Waals surface area contributed by atoms with Crippen LogP contribution in [0.4, 0.5) is 5.69 Å². The van der Waals surface area contributed by atoms with Gasteiger partial charge in [0.05, 0.1) is 35.2 Å². The van der Waals surface area contributed by atoms with Gasteiger partial charge >= 0.3 is 0 Å². The van der Waals surface area contributed by atoms with Crippen LogP contribution in [0.3, 0.4) is 0 Å². The first kappa shape index (κ1) is 16.8. The second kappa shape index (κ2) is 6.61. The zero-order valence-corrected chi connectivity index (χ0v) is 16.3. The van der Waals surface area contributed by atoms with Crippen LogP contribution in [-0.2, 0) is 9.53 Å². The molecule has 4 rings (SSSR count). The number of methoxy groups -OCH3 is 1. The third-order valence-electron chi connectivity index (χ3n) is 5.15. The van der Waals surface area contributed by atoms with Crippen molar-refractivity contribution < 1.29 is 14.3 Å². The first-order valence-corrected chi connectivity index (χ1v) is 9.68. The zero-order chi connectivity index (χ0) is 17.6. The maximum atomic E-state index is 12.8. The molecule has 0 bridgehead atoms. The quantitative estimate of drug-likeness (QED) is 0.404. The van der Waals surface area contributed by atoms with Gasteiger partial charge in [0, 0.05) is 5.69 Å². The molecule has 2 heterocycles. The Kier molecular flexibility index (Phi) is 4.45. The summed E-state index contributed by atoms with van der Waals surface area (Å²) in [6, 6.07) is 18.1. The highest BCUT2D eigenvalue weighted by atomic mass is 127. The third kappa shape index (κ3) is 2.73. The highest BCUT2D eigenvalue weighted by molar-refractivity contribution is 14.1. The lowest BCUT2D eigenvalue weighted by molar-refractivity contribution is -0.151. The standard InChI is InChI=1S/C20H20INO3/c1-12-16-18(17(21)19(25-12)13-6-4-3-5-7-13)22(20(16)23)14-8-10-15(24-2)11-9-14/h3-12,16-19H,1-2H3/t12-,16+,17+,18+,19-/m0/s1. The average molecular weight is 449 g/mol. The molecular formula is C20H20INO3. The number of benzene rings is 2. The van der Waals surface area contributed by atoms with Crippen LogP contribution >= 0.6 is 22.6 Å². The van der Waals surface area contributed by atoms with Gasteiger partial charge in [0.15, 0.2) is 0 Å². The number of carbonyl (C=O) groups is 1. The minimum absolute atomic E-state index is 0.00750. The van der Waals surface area contributed by atoms with Crippen LogP contribution in [0.5, 0.6) is 5.75 Å². The van der Waals surface area contributed by atoms with Crippen molar-refractivity contribution in [1.29, 1.82) is 0 Å². The molecule has 130 valence electrons. The Balaban J connectivity index is 1.64. The number of hydrogen-bond acceptors (Lipinski definition) is 3. The van der Waals surface area contributed by atoms with E-state index in [1.54, 1.807) is 7.11 Å². The van der Waals surface area contributed by atoms with Crippen LogP contribution in [-0.4, -0.2) is 29.1 Å². The van der Waals surface area contributed by atoms with Crippen LogP contribution in [0.1, 0.15) is 18.6 Å². The van der Waals surface area contributed by atoms with E-state index in [2.05, 4.69) is 34.7 Å². The molecule has 5 atom stereocenters. The summed E-state index contributed by atoms with van der Waals surface area (Å²) in [5, 5.41) is 0. The molecule has 2 aromatic carbocycles. The summed E-state index contributed by atoms with van der Waals surface area (Å²) in [5.41, 5.74) is 2.09. The smallest absolute Gasteiger partial charge is 0.235 e. The Morgan fingerprint density at radius 1 is 1.08 bits per heavy atom. The Morgan fingerprint density at radius 2 is 1.76 bits per heavy atom. The molecule has 2 aliphatic rings. The molecule has 4 nitrogen and oxygen atoms in total. The summed E-state index contributed by atoms with van der Waals surface area (Å²) in [5.74, 6) is 0.876. The molecular weight excluding hydrogens is 429 g/mol. The molecule has 0 saturated carbocycles. The molecule has 0 aromatic heterocycles. The Hall–Kier alpha value is -1.60. The summed E-state index contributed by atoms with van der Waals surface area (Å²) in [7, 11) is 1.64. The summed E-state index contributed by atoms with van der Waals surface area (Å²) in [6.45, 7) is 2.01. The van der Waals surface area contributed by atoms with Crippen molar-refractivity contribution in [3.63, 3.8) is 0 Å². The summed E-state index contributed by atoms with van der Waals surface area (Å²) < 4.78 is 11.7. The van der Waals surface area contributed by atoms with Gasteiger partial charge in [-0.1, -0.05) is 52.9 Å². The molecule has 5 heteroatoms. The number of anilines is 1. The lowest BCUT2D eigenvalue weighted by atomic mass is 9.76. The molecule has 0 radical (unpaired) electrons. The largest absolute Gasteiger partial charge is 0.497 e. The number of fused-ring (bicyclic) bond motifs is 1. The number of β-lactam (4-membered cyclic amide) rings is 1. The fraction of sp³-hybridized carbons (Fsp3) is 0.350. The normalized spacial score (nSPS) is 31.2. The van der Waals surface area contributed by atoms with Crippen molar-refractivity contribution in [2.75, 3.05) is 12.0 Å². The monoisotopic (exact) mass is 449 g/mol. The molecule has 0 aliphatic carbocycles. The maximum Gasteiger partial charge on any atom is 0.235 e. The second-order valence-corrected chi connectivity index (χ2v) is 7.98. The van der Waals surface area contributed by atoms with Crippen molar-refractivity contribution >= 4 is 34.2 Å². The number of ether oxygens (including phenoxy) is 2. The Labute approximate surface area is 161 Å². The number of amides is 1. The van der Waals surface area contributed by atoms with Crippen LogP contribution in [0.2, 0.25) is 0 Å². The lowest BCUT2D eigenvalue weighted by Gasteiger charge is -2.56. The molecule has 0 spiro atoms. The SMILES string of the molecule is COc1ccc(N2C(=O)[C@H]3[C@@H]2[C@@H](I)[C@H](c2ccccc2)O[C@H]3C)cc1. The minimum Gasteiger partial charge on any atom is -0.497 e. The molecule has 2 fully saturated rings.